The average molecular weight is 323 g/mol. The zero-order chi connectivity index (χ0) is 13.2. The van der Waals surface area contributed by atoms with Crippen LogP contribution in [0.2, 0.25) is 0 Å². The number of halogens is 1. The van der Waals surface area contributed by atoms with Crippen LogP contribution in [0.3, 0.4) is 0 Å². The van der Waals surface area contributed by atoms with Gasteiger partial charge in [0.05, 0.1) is 6.04 Å². The Kier molecular flexibility index (Phi) is 3.89. The molecule has 102 valence electrons. The third-order valence-corrected chi connectivity index (χ3v) is 4.63. The molecule has 1 N–H and O–H groups in total. The number of nitrogens with zero attached hydrogens (tertiary/aromatic N) is 1. The summed E-state index contributed by atoms with van der Waals surface area (Å²) in [5.41, 5.74) is 1.26. The molecule has 1 aromatic rings. The van der Waals surface area contributed by atoms with Crippen molar-refractivity contribution < 1.29 is 4.79 Å². The number of rotatable bonds is 3. The van der Waals surface area contributed by atoms with E-state index in [0.717, 1.165) is 36.9 Å². The zero-order valence-corrected chi connectivity index (χ0v) is 12.5. The van der Waals surface area contributed by atoms with Crippen LogP contribution in [0, 0.1) is 5.92 Å². The molecule has 2 aliphatic heterocycles. The summed E-state index contributed by atoms with van der Waals surface area (Å²) in [6, 6.07) is 8.63. The summed E-state index contributed by atoms with van der Waals surface area (Å²) >= 11 is 3.52. The molecule has 1 unspecified atom stereocenters. The molecule has 0 aromatic heterocycles. The molecule has 19 heavy (non-hydrogen) atoms. The number of hydrogen-bond donors (Lipinski definition) is 1. The second kappa shape index (κ2) is 5.63. The smallest absolute Gasteiger partial charge is 0.223 e. The van der Waals surface area contributed by atoms with Crippen LogP contribution in [0.15, 0.2) is 28.7 Å². The molecule has 1 amide bonds. The molecular weight excluding hydrogens is 304 g/mol. The van der Waals surface area contributed by atoms with Crippen molar-refractivity contribution >= 4 is 21.8 Å². The molecule has 1 aromatic carbocycles. The Labute approximate surface area is 122 Å². The van der Waals surface area contributed by atoms with Gasteiger partial charge >= 0.3 is 0 Å². The first-order chi connectivity index (χ1) is 9.24. The summed E-state index contributed by atoms with van der Waals surface area (Å²) in [6.45, 7) is 2.92. The van der Waals surface area contributed by atoms with Crippen molar-refractivity contribution in [3.8, 4) is 0 Å². The fourth-order valence-electron chi connectivity index (χ4n) is 2.98. The van der Waals surface area contributed by atoms with Gasteiger partial charge in [-0.25, -0.2) is 0 Å². The van der Waals surface area contributed by atoms with Gasteiger partial charge in [0.15, 0.2) is 0 Å². The van der Waals surface area contributed by atoms with Crippen molar-refractivity contribution in [3.63, 3.8) is 0 Å². The van der Waals surface area contributed by atoms with E-state index in [4.69, 9.17) is 0 Å². The normalized spacial score (nSPS) is 23.4. The van der Waals surface area contributed by atoms with Crippen LogP contribution in [-0.4, -0.2) is 30.4 Å². The molecule has 0 bridgehead atoms. The van der Waals surface area contributed by atoms with Crippen LogP contribution in [0.1, 0.15) is 30.9 Å². The predicted molar refractivity (Wildman–Crippen MR) is 78.8 cm³/mol. The zero-order valence-electron chi connectivity index (χ0n) is 10.9. The highest BCUT2D eigenvalue weighted by Gasteiger charge is 2.32. The molecule has 3 rings (SSSR count). The Hall–Kier alpha value is -0.870. The highest BCUT2D eigenvalue weighted by atomic mass is 79.9. The van der Waals surface area contributed by atoms with Crippen LogP contribution < -0.4 is 5.32 Å². The molecule has 3 nitrogen and oxygen atoms in total. The lowest BCUT2D eigenvalue weighted by Crippen LogP contribution is -2.45. The van der Waals surface area contributed by atoms with E-state index in [0.29, 0.717) is 18.2 Å². The maximum atomic E-state index is 12.4. The summed E-state index contributed by atoms with van der Waals surface area (Å²) in [7, 11) is 0. The summed E-state index contributed by atoms with van der Waals surface area (Å²) in [5, 5.41) is 3.23. The number of nitrogens with one attached hydrogen (secondary N) is 1. The van der Waals surface area contributed by atoms with Crippen LogP contribution in [-0.2, 0) is 4.79 Å². The van der Waals surface area contributed by atoms with E-state index in [2.05, 4.69) is 44.3 Å². The lowest BCUT2D eigenvalue weighted by molar-refractivity contribution is -0.133. The monoisotopic (exact) mass is 322 g/mol. The number of amides is 1. The number of benzene rings is 1. The van der Waals surface area contributed by atoms with E-state index in [1.54, 1.807) is 0 Å². The molecular formula is C15H19BrN2O. The van der Waals surface area contributed by atoms with Crippen molar-refractivity contribution in [2.45, 2.75) is 25.3 Å². The van der Waals surface area contributed by atoms with E-state index >= 15 is 0 Å². The van der Waals surface area contributed by atoms with E-state index in [-0.39, 0.29) is 6.04 Å². The molecule has 0 spiro atoms. The van der Waals surface area contributed by atoms with Gasteiger partial charge < -0.3 is 10.2 Å². The van der Waals surface area contributed by atoms with Gasteiger partial charge in [-0.1, -0.05) is 28.1 Å². The van der Waals surface area contributed by atoms with Gasteiger partial charge in [-0.3, -0.25) is 4.79 Å². The maximum Gasteiger partial charge on any atom is 0.223 e. The Morgan fingerprint density at radius 3 is 2.95 bits per heavy atom. The molecule has 2 aliphatic rings. The lowest BCUT2D eigenvalue weighted by atomic mass is 9.98. The topological polar surface area (TPSA) is 32.3 Å². The first-order valence-electron chi connectivity index (χ1n) is 6.99. The molecule has 1 atom stereocenters. The summed E-state index contributed by atoms with van der Waals surface area (Å²) < 4.78 is 1.09. The van der Waals surface area contributed by atoms with Crippen molar-refractivity contribution in [3.05, 3.63) is 34.3 Å². The van der Waals surface area contributed by atoms with E-state index < -0.39 is 0 Å². The second-order valence-electron chi connectivity index (χ2n) is 5.53. The Morgan fingerprint density at radius 1 is 1.42 bits per heavy atom. The molecule has 0 radical (unpaired) electrons. The predicted octanol–water partition coefficient (Wildman–Crippen LogP) is 2.72. The van der Waals surface area contributed by atoms with Crippen LogP contribution in [0.4, 0.5) is 0 Å². The second-order valence-corrected chi connectivity index (χ2v) is 6.44. The fourth-order valence-corrected chi connectivity index (χ4v) is 3.40. The van der Waals surface area contributed by atoms with E-state index in [9.17, 15) is 4.79 Å². The molecule has 0 saturated carbocycles. The molecule has 2 heterocycles. The standard InChI is InChI=1S/C15H19BrN2O/c16-13-4-1-3-12(8-13)14-5-2-6-18(14)15(19)7-11-9-17-10-11/h1,3-4,8,11,14,17H,2,5-7,9-10H2. The summed E-state index contributed by atoms with van der Waals surface area (Å²) in [6.07, 6.45) is 2.91. The first kappa shape index (κ1) is 13.1. The van der Waals surface area contributed by atoms with Gasteiger partial charge in [-0.15, -0.1) is 0 Å². The van der Waals surface area contributed by atoms with Crippen LogP contribution in [0.25, 0.3) is 0 Å². The van der Waals surface area contributed by atoms with Crippen molar-refractivity contribution in [2.75, 3.05) is 19.6 Å². The Balaban J connectivity index is 1.71. The first-order valence-corrected chi connectivity index (χ1v) is 7.79. The summed E-state index contributed by atoms with van der Waals surface area (Å²) in [5.74, 6) is 0.880. The number of likely N-dealkylation sites (tertiary alicyclic amines) is 1. The fraction of sp³-hybridized carbons (Fsp3) is 0.533. The largest absolute Gasteiger partial charge is 0.336 e. The lowest BCUT2D eigenvalue weighted by Gasteiger charge is -2.31. The minimum Gasteiger partial charge on any atom is -0.336 e. The van der Waals surface area contributed by atoms with E-state index in [1.807, 2.05) is 6.07 Å². The molecule has 4 heteroatoms. The van der Waals surface area contributed by atoms with E-state index in [1.165, 1.54) is 5.56 Å². The van der Waals surface area contributed by atoms with Gasteiger partial charge in [-0.2, -0.15) is 0 Å². The number of hydrogen-bond acceptors (Lipinski definition) is 2. The van der Waals surface area contributed by atoms with Gasteiger partial charge in [0.2, 0.25) is 5.91 Å². The number of carbonyl (C=O) groups is 1. The SMILES string of the molecule is O=C(CC1CNC1)N1CCCC1c1cccc(Br)c1. The van der Waals surface area contributed by atoms with Crippen molar-refractivity contribution in [1.29, 1.82) is 0 Å². The summed E-state index contributed by atoms with van der Waals surface area (Å²) in [4.78, 5) is 14.5. The molecule has 2 saturated heterocycles. The highest BCUT2D eigenvalue weighted by Crippen LogP contribution is 2.34. The quantitative estimate of drug-likeness (QED) is 0.928. The van der Waals surface area contributed by atoms with Gasteiger partial charge in [0.25, 0.3) is 0 Å². The third-order valence-electron chi connectivity index (χ3n) is 4.14. The number of carbonyl (C=O) groups excluding carboxylic acids is 1. The Morgan fingerprint density at radius 2 is 2.26 bits per heavy atom. The van der Waals surface area contributed by atoms with Crippen LogP contribution >= 0.6 is 15.9 Å². The minimum absolute atomic E-state index is 0.276. The highest BCUT2D eigenvalue weighted by molar-refractivity contribution is 9.10. The van der Waals surface area contributed by atoms with Gasteiger partial charge in [-0.05, 0) is 49.5 Å². The average Bonchev–Trinajstić information content (AvgIpc) is 2.82. The third kappa shape index (κ3) is 2.84. The van der Waals surface area contributed by atoms with Gasteiger partial charge in [0, 0.05) is 17.4 Å². The van der Waals surface area contributed by atoms with Crippen molar-refractivity contribution in [1.82, 2.24) is 10.2 Å². The van der Waals surface area contributed by atoms with Crippen LogP contribution in [0.5, 0.6) is 0 Å². The minimum atomic E-state index is 0.276. The van der Waals surface area contributed by atoms with Crippen molar-refractivity contribution in [2.24, 2.45) is 5.92 Å². The van der Waals surface area contributed by atoms with Gasteiger partial charge in [0.1, 0.15) is 0 Å². The molecule has 0 aliphatic carbocycles. The maximum absolute atomic E-state index is 12.4. The molecule has 2 fully saturated rings. The Bertz CT molecular complexity index is 473.